The molecule has 0 aromatic heterocycles. The quantitative estimate of drug-likeness (QED) is 0.154. The van der Waals surface area contributed by atoms with Gasteiger partial charge in [-0.15, -0.1) is 23.2 Å². The normalized spacial score (nSPS) is 17.3. The second-order valence-corrected chi connectivity index (χ2v) is 12.5. The summed E-state index contributed by atoms with van der Waals surface area (Å²) in [6.07, 6.45) is -1.53. The van der Waals surface area contributed by atoms with Crippen LogP contribution in [0.15, 0.2) is 48.5 Å². The van der Waals surface area contributed by atoms with E-state index in [4.69, 9.17) is 58.0 Å². The number of carbonyl (C=O) groups is 3. The number of nitrogens with one attached hydrogen (secondary N) is 3. The zero-order valence-electron chi connectivity index (χ0n) is 21.8. The van der Waals surface area contributed by atoms with Crippen LogP contribution in [-0.4, -0.2) is 28.0 Å². The molecule has 6 nitrogen and oxygen atoms in total. The highest BCUT2D eigenvalue weighted by Gasteiger charge is 2.67. The van der Waals surface area contributed by atoms with Crippen LogP contribution in [-0.2, 0) is 9.59 Å². The van der Waals surface area contributed by atoms with Crippen molar-refractivity contribution in [1.82, 2.24) is 0 Å². The van der Waals surface area contributed by atoms with Gasteiger partial charge in [0, 0.05) is 24.4 Å². The predicted molar refractivity (Wildman–Crippen MR) is 160 cm³/mol. The highest BCUT2D eigenvalue weighted by atomic mass is 35.5. The Morgan fingerprint density at radius 1 is 0.884 bits per heavy atom. The number of hydrogen-bond donors (Lipinski definition) is 3. The highest BCUT2D eigenvalue weighted by Crippen LogP contribution is 2.65. The van der Waals surface area contributed by atoms with E-state index >= 15 is 4.39 Å². The lowest BCUT2D eigenvalue weighted by Crippen LogP contribution is -2.20. The first-order chi connectivity index (χ1) is 20.0. The van der Waals surface area contributed by atoms with E-state index in [9.17, 15) is 27.6 Å². The van der Waals surface area contributed by atoms with Crippen molar-refractivity contribution in [3.63, 3.8) is 0 Å². The van der Waals surface area contributed by atoms with Gasteiger partial charge >= 0.3 is 0 Å². The Hall–Kier alpha value is -2.76. The van der Waals surface area contributed by atoms with E-state index < -0.39 is 75.7 Å². The van der Waals surface area contributed by atoms with E-state index in [-0.39, 0.29) is 21.3 Å². The monoisotopic (exact) mass is 697 g/mol. The summed E-state index contributed by atoms with van der Waals surface area (Å²) in [4.78, 5) is 38.0. The SMILES string of the molecule is CC(F)(F)CCC(=O)Nc1c(F)ccc(NC(=O)c2cc(NC(=O)C3[C@H](c4ccc(Cl)c(Cl)c4)C3(Cl)Cl)ccc2Cl)c1F. The zero-order valence-corrected chi connectivity index (χ0v) is 25.6. The predicted octanol–water partition coefficient (Wildman–Crippen LogP) is 9.08. The number of rotatable bonds is 9. The number of halogens is 9. The Morgan fingerprint density at radius 3 is 2.21 bits per heavy atom. The summed E-state index contributed by atoms with van der Waals surface area (Å²) in [6, 6.07) is 10.3. The van der Waals surface area contributed by atoms with E-state index in [1.54, 1.807) is 18.2 Å². The van der Waals surface area contributed by atoms with Gasteiger partial charge in [-0.3, -0.25) is 14.4 Å². The van der Waals surface area contributed by atoms with Crippen molar-refractivity contribution in [2.24, 2.45) is 5.92 Å². The van der Waals surface area contributed by atoms with E-state index in [0.29, 0.717) is 17.5 Å². The molecule has 0 saturated heterocycles. The lowest BCUT2D eigenvalue weighted by Gasteiger charge is -2.14. The second-order valence-electron chi connectivity index (χ2n) is 9.84. The van der Waals surface area contributed by atoms with Crippen LogP contribution in [0.3, 0.4) is 0 Å². The van der Waals surface area contributed by atoms with Crippen LogP contribution in [0, 0.1) is 17.6 Å². The fourth-order valence-corrected chi connectivity index (χ4v) is 5.60. The van der Waals surface area contributed by atoms with Crippen molar-refractivity contribution >= 4 is 92.8 Å². The van der Waals surface area contributed by atoms with Gasteiger partial charge in [-0.2, -0.15) is 0 Å². The number of alkyl halides is 4. The summed E-state index contributed by atoms with van der Waals surface area (Å²) < 4.78 is 53.9. The van der Waals surface area contributed by atoms with Gasteiger partial charge in [0.2, 0.25) is 17.7 Å². The molecule has 1 aliphatic carbocycles. The summed E-state index contributed by atoms with van der Waals surface area (Å²) in [5, 5.41) is 7.24. The standard InChI is InChI=1S/C28H20Cl5F4N3O3/c1-27(36,37)9-8-20(41)40-24-18(34)6-7-19(23(24)35)39-25(42)14-11-13(3-5-15(14)29)38-26(43)22-21(28(22,32)33)12-2-4-16(30)17(31)10-12/h2-7,10-11,21-22H,8-9H2,1H3,(H,38,43)(H,39,42)(H,40,41)/t21-,22?/m0/s1. The molecule has 0 spiro atoms. The lowest BCUT2D eigenvalue weighted by atomic mass is 10.1. The van der Waals surface area contributed by atoms with Crippen molar-refractivity contribution in [3.05, 3.63) is 86.4 Å². The smallest absolute Gasteiger partial charge is 0.257 e. The number of benzene rings is 3. The maximum atomic E-state index is 15.0. The van der Waals surface area contributed by atoms with Crippen LogP contribution in [0.1, 0.15) is 41.6 Å². The van der Waals surface area contributed by atoms with Crippen molar-refractivity contribution in [2.45, 2.75) is 35.9 Å². The molecule has 15 heteroatoms. The fourth-order valence-electron chi connectivity index (χ4n) is 4.26. The van der Waals surface area contributed by atoms with Crippen LogP contribution in [0.5, 0.6) is 0 Å². The molecule has 228 valence electrons. The van der Waals surface area contributed by atoms with Crippen molar-refractivity contribution in [3.8, 4) is 0 Å². The van der Waals surface area contributed by atoms with Gasteiger partial charge in [0.15, 0.2) is 5.82 Å². The first-order valence-electron chi connectivity index (χ1n) is 12.4. The molecule has 43 heavy (non-hydrogen) atoms. The van der Waals surface area contributed by atoms with Crippen LogP contribution >= 0.6 is 58.0 Å². The van der Waals surface area contributed by atoms with Crippen molar-refractivity contribution in [2.75, 3.05) is 16.0 Å². The molecule has 1 saturated carbocycles. The van der Waals surface area contributed by atoms with Gasteiger partial charge in [-0.1, -0.05) is 40.9 Å². The minimum Gasteiger partial charge on any atom is -0.326 e. The third kappa shape index (κ3) is 7.67. The molecule has 0 heterocycles. The molecular formula is C28H20Cl5F4N3O3. The van der Waals surface area contributed by atoms with Gasteiger partial charge in [0.25, 0.3) is 5.91 Å². The van der Waals surface area contributed by atoms with Gasteiger partial charge in [0.05, 0.1) is 32.2 Å². The van der Waals surface area contributed by atoms with Crippen LogP contribution in [0.25, 0.3) is 0 Å². The molecule has 1 fully saturated rings. The maximum Gasteiger partial charge on any atom is 0.257 e. The average Bonchev–Trinajstić information content (AvgIpc) is 3.50. The molecule has 0 bridgehead atoms. The van der Waals surface area contributed by atoms with Gasteiger partial charge in [-0.05, 0) is 55.0 Å². The molecule has 0 aliphatic heterocycles. The summed E-state index contributed by atoms with van der Waals surface area (Å²) >= 11 is 31.0. The maximum absolute atomic E-state index is 15.0. The molecule has 2 atom stereocenters. The Bertz CT molecular complexity index is 1620. The Morgan fingerprint density at radius 2 is 1.56 bits per heavy atom. The summed E-state index contributed by atoms with van der Waals surface area (Å²) in [7, 11) is 0. The first kappa shape index (κ1) is 33.1. The van der Waals surface area contributed by atoms with Crippen LogP contribution < -0.4 is 16.0 Å². The van der Waals surface area contributed by atoms with Crippen LogP contribution in [0.4, 0.5) is 34.6 Å². The van der Waals surface area contributed by atoms with Gasteiger partial charge in [0.1, 0.15) is 15.8 Å². The molecule has 3 aromatic rings. The Kier molecular flexibility index (Phi) is 9.78. The van der Waals surface area contributed by atoms with E-state index in [1.807, 2.05) is 5.32 Å². The van der Waals surface area contributed by atoms with E-state index in [1.165, 1.54) is 18.2 Å². The van der Waals surface area contributed by atoms with Gasteiger partial charge < -0.3 is 16.0 Å². The summed E-state index contributed by atoms with van der Waals surface area (Å²) in [5.41, 5.74) is -0.941. The van der Waals surface area contributed by atoms with Crippen molar-refractivity contribution in [1.29, 1.82) is 0 Å². The van der Waals surface area contributed by atoms with E-state index in [0.717, 1.165) is 12.1 Å². The largest absolute Gasteiger partial charge is 0.326 e. The third-order valence-corrected chi connectivity index (χ3v) is 8.52. The molecular weight excluding hydrogens is 680 g/mol. The molecule has 3 amide bonds. The lowest BCUT2D eigenvalue weighted by molar-refractivity contribution is -0.118. The third-order valence-electron chi connectivity index (χ3n) is 6.51. The second kappa shape index (κ2) is 12.7. The minimum absolute atomic E-state index is 0.0730. The molecule has 3 aromatic carbocycles. The summed E-state index contributed by atoms with van der Waals surface area (Å²) in [6.45, 7) is 0.604. The zero-order chi connectivity index (χ0) is 31.9. The highest BCUT2D eigenvalue weighted by molar-refractivity contribution is 6.53. The number of amides is 3. The van der Waals surface area contributed by atoms with Gasteiger partial charge in [-0.25, -0.2) is 17.6 Å². The number of carbonyl (C=O) groups excluding carboxylic acids is 3. The first-order valence-corrected chi connectivity index (χ1v) is 14.3. The Labute approximate surface area is 268 Å². The Balaban J connectivity index is 1.48. The molecule has 3 N–H and O–H groups in total. The fraction of sp³-hybridized carbons (Fsp3) is 0.250. The number of anilines is 3. The molecule has 1 unspecified atom stereocenters. The van der Waals surface area contributed by atoms with Crippen LogP contribution in [0.2, 0.25) is 15.1 Å². The molecule has 1 aliphatic rings. The van der Waals surface area contributed by atoms with E-state index in [2.05, 4.69) is 10.6 Å². The topological polar surface area (TPSA) is 87.3 Å². The number of hydrogen-bond acceptors (Lipinski definition) is 3. The van der Waals surface area contributed by atoms with Crippen molar-refractivity contribution < 1.29 is 31.9 Å². The molecule has 0 radical (unpaired) electrons. The average molecular weight is 700 g/mol. The minimum atomic E-state index is -3.15. The molecule has 4 rings (SSSR count). The summed E-state index contributed by atoms with van der Waals surface area (Å²) in [5.74, 6) is -9.75.